The Morgan fingerprint density at radius 2 is 1.79 bits per heavy atom. The highest BCUT2D eigenvalue weighted by atomic mass is 16.5. The topological polar surface area (TPSA) is 118 Å². The Labute approximate surface area is 163 Å². The summed E-state index contributed by atoms with van der Waals surface area (Å²) in [5.41, 5.74) is 6.13. The molecule has 28 heavy (non-hydrogen) atoms. The molecule has 2 N–H and O–H groups in total. The Hall–Kier alpha value is -3.23. The van der Waals surface area contributed by atoms with E-state index < -0.39 is 11.9 Å². The number of hydrogen-bond donors (Lipinski definition) is 2. The number of esters is 2. The van der Waals surface area contributed by atoms with Crippen molar-refractivity contribution in [1.29, 1.82) is 0 Å². The van der Waals surface area contributed by atoms with Crippen LogP contribution in [0.4, 0.5) is 0 Å². The van der Waals surface area contributed by atoms with Crippen molar-refractivity contribution in [2.75, 3.05) is 13.2 Å². The summed E-state index contributed by atoms with van der Waals surface area (Å²) in [7, 11) is 0. The van der Waals surface area contributed by atoms with Crippen molar-refractivity contribution >= 4 is 29.4 Å². The molecule has 1 saturated heterocycles. The van der Waals surface area contributed by atoms with Gasteiger partial charge in [-0.3, -0.25) is 20.4 Å². The molecule has 1 aromatic rings. The molecule has 1 aliphatic heterocycles. The molecular formula is C19H24N4O5. The van der Waals surface area contributed by atoms with Crippen LogP contribution in [0.25, 0.3) is 0 Å². The Morgan fingerprint density at radius 3 is 2.46 bits per heavy atom. The highest BCUT2D eigenvalue weighted by molar-refractivity contribution is 6.36. The minimum atomic E-state index is -0.646. The fourth-order valence-corrected chi connectivity index (χ4v) is 2.58. The van der Waals surface area contributed by atoms with Gasteiger partial charge in [-0.2, -0.15) is 0 Å². The van der Waals surface area contributed by atoms with Crippen LogP contribution in [0.3, 0.4) is 0 Å². The summed E-state index contributed by atoms with van der Waals surface area (Å²) in [4.78, 5) is 35.5. The van der Waals surface area contributed by atoms with Crippen molar-refractivity contribution in [2.45, 2.75) is 39.0 Å². The molecule has 1 heterocycles. The lowest BCUT2D eigenvalue weighted by Gasteiger charge is -2.25. The van der Waals surface area contributed by atoms with E-state index in [0.717, 1.165) is 5.56 Å². The van der Waals surface area contributed by atoms with E-state index >= 15 is 0 Å². The van der Waals surface area contributed by atoms with E-state index in [1.165, 1.54) is 0 Å². The lowest BCUT2D eigenvalue weighted by atomic mass is 9.93. The fourth-order valence-electron chi connectivity index (χ4n) is 2.58. The van der Waals surface area contributed by atoms with Crippen molar-refractivity contribution in [2.24, 2.45) is 10.2 Å². The van der Waals surface area contributed by atoms with E-state index in [1.54, 1.807) is 13.8 Å². The summed E-state index contributed by atoms with van der Waals surface area (Å²) in [5, 5.41) is 8.14. The maximum atomic E-state index is 12.1. The van der Waals surface area contributed by atoms with Crippen molar-refractivity contribution in [3.63, 3.8) is 0 Å². The number of ether oxygens (including phenoxy) is 2. The maximum Gasteiger partial charge on any atom is 0.354 e. The third-order valence-electron chi connectivity index (χ3n) is 3.91. The van der Waals surface area contributed by atoms with Gasteiger partial charge >= 0.3 is 11.9 Å². The molecule has 150 valence electrons. The second-order valence-corrected chi connectivity index (χ2v) is 5.90. The highest BCUT2D eigenvalue weighted by Gasteiger charge is 2.27. The molecule has 0 aromatic heterocycles. The van der Waals surface area contributed by atoms with E-state index in [0.29, 0.717) is 5.84 Å². The summed E-state index contributed by atoms with van der Waals surface area (Å²) in [6, 6.07) is 9.38. The van der Waals surface area contributed by atoms with Crippen molar-refractivity contribution < 1.29 is 23.9 Å². The highest BCUT2D eigenvalue weighted by Crippen LogP contribution is 2.22. The van der Waals surface area contributed by atoms with Crippen molar-refractivity contribution in [3.05, 3.63) is 35.9 Å². The summed E-state index contributed by atoms with van der Waals surface area (Å²) >= 11 is 0. The van der Waals surface area contributed by atoms with Crippen LogP contribution in [-0.2, 0) is 23.9 Å². The second kappa shape index (κ2) is 10.8. The van der Waals surface area contributed by atoms with Crippen LogP contribution in [-0.4, -0.2) is 42.6 Å². The largest absolute Gasteiger partial charge is 0.466 e. The number of nitrogens with zero attached hydrogens (tertiary/aromatic N) is 2. The lowest BCUT2D eigenvalue weighted by molar-refractivity contribution is -0.142. The average molecular weight is 388 g/mol. The van der Waals surface area contributed by atoms with Gasteiger partial charge in [-0.05, 0) is 19.4 Å². The fraction of sp³-hybridized carbons (Fsp3) is 0.421. The zero-order chi connectivity index (χ0) is 20.4. The predicted molar refractivity (Wildman–Crippen MR) is 102 cm³/mol. The number of hydrogen-bond acceptors (Lipinski definition) is 7. The first-order valence-corrected chi connectivity index (χ1v) is 9.12. The van der Waals surface area contributed by atoms with Gasteiger partial charge in [-0.25, -0.2) is 4.79 Å². The Kier molecular flexibility index (Phi) is 8.13. The average Bonchev–Trinajstić information content (AvgIpc) is 2.70. The summed E-state index contributed by atoms with van der Waals surface area (Å²) in [5.74, 6) is -1.19. The van der Waals surface area contributed by atoms with Crippen LogP contribution < -0.4 is 10.9 Å². The van der Waals surface area contributed by atoms with Gasteiger partial charge in [-0.1, -0.05) is 30.3 Å². The minimum absolute atomic E-state index is 0.00733. The summed E-state index contributed by atoms with van der Waals surface area (Å²) in [6.45, 7) is 3.82. The monoisotopic (exact) mass is 388 g/mol. The first kappa shape index (κ1) is 21.1. The Bertz CT molecular complexity index is 761. The molecule has 0 spiro atoms. The SMILES string of the molecule is CCOC(=O)CC/C(=N\N=C1\NNC(=O)CC1c1ccccc1)C(=O)OCC. The lowest BCUT2D eigenvalue weighted by Crippen LogP contribution is -2.50. The molecule has 0 saturated carbocycles. The molecule has 1 aliphatic rings. The summed E-state index contributed by atoms with van der Waals surface area (Å²) < 4.78 is 9.85. The van der Waals surface area contributed by atoms with Gasteiger partial charge < -0.3 is 9.47 Å². The molecule has 1 aromatic carbocycles. The number of benzene rings is 1. The van der Waals surface area contributed by atoms with Crippen LogP contribution in [0.15, 0.2) is 40.5 Å². The quantitative estimate of drug-likeness (QED) is 0.395. The van der Waals surface area contributed by atoms with Crippen LogP contribution in [0.1, 0.15) is 44.6 Å². The van der Waals surface area contributed by atoms with Gasteiger partial charge in [0.1, 0.15) is 5.71 Å². The zero-order valence-electron chi connectivity index (χ0n) is 15.9. The molecule has 0 aliphatic carbocycles. The number of rotatable bonds is 8. The van der Waals surface area contributed by atoms with Gasteiger partial charge in [0, 0.05) is 12.8 Å². The van der Waals surface area contributed by atoms with Gasteiger partial charge in [0.2, 0.25) is 5.91 Å². The van der Waals surface area contributed by atoms with Gasteiger partial charge in [0.05, 0.1) is 25.6 Å². The molecule has 9 nitrogen and oxygen atoms in total. The first-order chi connectivity index (χ1) is 13.5. The van der Waals surface area contributed by atoms with E-state index in [1.807, 2.05) is 30.3 Å². The molecule has 9 heteroatoms. The first-order valence-electron chi connectivity index (χ1n) is 9.12. The number of carbonyl (C=O) groups is 3. The minimum Gasteiger partial charge on any atom is -0.466 e. The van der Waals surface area contributed by atoms with E-state index in [2.05, 4.69) is 21.1 Å². The number of nitrogens with one attached hydrogen (secondary N) is 2. The molecule has 2 rings (SSSR count). The van der Waals surface area contributed by atoms with Crippen LogP contribution in [0.5, 0.6) is 0 Å². The third kappa shape index (κ3) is 6.19. The maximum absolute atomic E-state index is 12.1. The van der Waals surface area contributed by atoms with E-state index in [9.17, 15) is 14.4 Å². The number of amides is 1. The molecule has 1 unspecified atom stereocenters. The molecule has 1 fully saturated rings. The van der Waals surface area contributed by atoms with Gasteiger partial charge in [0.15, 0.2) is 5.84 Å². The van der Waals surface area contributed by atoms with Crippen LogP contribution in [0, 0.1) is 0 Å². The van der Waals surface area contributed by atoms with Crippen molar-refractivity contribution in [3.8, 4) is 0 Å². The van der Waals surface area contributed by atoms with Crippen molar-refractivity contribution in [1.82, 2.24) is 10.9 Å². The normalized spacial score (nSPS) is 18.2. The molecule has 1 atom stereocenters. The number of hydrazine groups is 1. The molecule has 1 amide bonds. The molecule has 0 radical (unpaired) electrons. The predicted octanol–water partition coefficient (Wildman–Crippen LogP) is 1.46. The Morgan fingerprint density at radius 1 is 1.07 bits per heavy atom. The van der Waals surface area contributed by atoms with E-state index in [-0.39, 0.29) is 50.0 Å². The number of amidine groups is 1. The zero-order valence-corrected chi connectivity index (χ0v) is 15.9. The molecule has 0 bridgehead atoms. The smallest absolute Gasteiger partial charge is 0.354 e. The third-order valence-corrected chi connectivity index (χ3v) is 3.91. The van der Waals surface area contributed by atoms with Gasteiger partial charge in [-0.15, -0.1) is 10.2 Å². The molecular weight excluding hydrogens is 364 g/mol. The van der Waals surface area contributed by atoms with Gasteiger partial charge in [0.25, 0.3) is 0 Å². The number of carbonyl (C=O) groups excluding carboxylic acids is 3. The summed E-state index contributed by atoms with van der Waals surface area (Å²) in [6.07, 6.45) is 0.225. The van der Waals surface area contributed by atoms with E-state index in [4.69, 9.17) is 9.47 Å². The standard InChI is InChI=1S/C19H24N4O5/c1-3-27-17(25)11-10-15(19(26)28-4-2)20-22-18-14(12-16(24)21-23-18)13-8-6-5-7-9-13/h5-9,14H,3-4,10-12H2,1-2H3,(H,21,24)(H,22,23)/b20-15+. The van der Waals surface area contributed by atoms with Crippen LogP contribution in [0.2, 0.25) is 0 Å². The second-order valence-electron chi connectivity index (χ2n) is 5.90. The van der Waals surface area contributed by atoms with Crippen LogP contribution >= 0.6 is 0 Å². The Balaban J connectivity index is 2.24.